The van der Waals surface area contributed by atoms with E-state index in [2.05, 4.69) is 0 Å². The van der Waals surface area contributed by atoms with Gasteiger partial charge in [-0.15, -0.1) is 0 Å². The second kappa shape index (κ2) is 8.19. The van der Waals surface area contributed by atoms with Gasteiger partial charge in [0.1, 0.15) is 28.6 Å². The van der Waals surface area contributed by atoms with Gasteiger partial charge in [0.05, 0.1) is 13.2 Å². The first-order chi connectivity index (χ1) is 12.0. The zero-order chi connectivity index (χ0) is 18.4. The molecule has 1 aromatic carbocycles. The molecular weight excluding hydrogens is 324 g/mol. The molecule has 0 aliphatic carbocycles. The Labute approximate surface area is 145 Å². The molecule has 6 nitrogen and oxygen atoms in total. The van der Waals surface area contributed by atoms with Crippen LogP contribution in [0.5, 0.6) is 17.2 Å². The molecule has 0 atom stereocenters. The highest BCUT2D eigenvalue weighted by atomic mass is 16.5. The van der Waals surface area contributed by atoms with Gasteiger partial charge in [0, 0.05) is 17.7 Å². The number of hydrogen-bond acceptors (Lipinski definition) is 6. The third-order valence-electron chi connectivity index (χ3n) is 3.31. The van der Waals surface area contributed by atoms with Crippen molar-refractivity contribution in [2.75, 3.05) is 13.2 Å². The molecule has 0 spiro atoms. The lowest BCUT2D eigenvalue weighted by Gasteiger charge is -2.10. The van der Waals surface area contributed by atoms with Crippen LogP contribution >= 0.6 is 0 Å². The second-order valence-electron chi connectivity index (χ2n) is 5.17. The normalized spacial score (nSPS) is 10.8. The van der Waals surface area contributed by atoms with Crippen LogP contribution in [0.4, 0.5) is 0 Å². The molecule has 1 N–H and O–H groups in total. The number of aryl methyl sites for hydroxylation is 1. The molecule has 132 valence electrons. The molecule has 2 aromatic rings. The molecule has 0 aliphatic rings. The van der Waals surface area contributed by atoms with E-state index in [1.807, 2.05) is 13.8 Å². The van der Waals surface area contributed by atoms with E-state index in [0.717, 1.165) is 0 Å². The molecule has 0 amide bonds. The highest BCUT2D eigenvalue weighted by molar-refractivity contribution is 6.08. The molecule has 6 heteroatoms. The molecule has 0 saturated heterocycles. The topological polar surface area (TPSA) is 86.0 Å². The van der Waals surface area contributed by atoms with Crippen LogP contribution in [-0.4, -0.2) is 24.1 Å². The number of carbonyl (C=O) groups is 1. The minimum absolute atomic E-state index is 0.230. The Morgan fingerprint density at radius 2 is 1.92 bits per heavy atom. The van der Waals surface area contributed by atoms with Crippen molar-refractivity contribution in [2.24, 2.45) is 0 Å². The second-order valence-corrected chi connectivity index (χ2v) is 5.17. The Morgan fingerprint density at radius 1 is 1.20 bits per heavy atom. The van der Waals surface area contributed by atoms with Crippen molar-refractivity contribution in [1.29, 1.82) is 0 Å². The lowest BCUT2D eigenvalue weighted by atomic mass is 10.1. The Hall–Kier alpha value is -3.02. The van der Waals surface area contributed by atoms with Crippen molar-refractivity contribution in [1.82, 2.24) is 0 Å². The van der Waals surface area contributed by atoms with E-state index < -0.39 is 22.7 Å². The summed E-state index contributed by atoms with van der Waals surface area (Å²) in [5.41, 5.74) is -0.621. The molecule has 1 heterocycles. The summed E-state index contributed by atoms with van der Waals surface area (Å²) in [4.78, 5) is 24.0. The lowest BCUT2D eigenvalue weighted by Crippen LogP contribution is -2.13. The third kappa shape index (κ3) is 4.50. The average Bonchev–Trinajstić information content (AvgIpc) is 2.53. The van der Waals surface area contributed by atoms with Crippen molar-refractivity contribution in [3.8, 4) is 17.2 Å². The van der Waals surface area contributed by atoms with E-state index in [9.17, 15) is 14.7 Å². The summed E-state index contributed by atoms with van der Waals surface area (Å²) in [5.74, 6) is 0.389. The van der Waals surface area contributed by atoms with Crippen molar-refractivity contribution in [3.05, 3.63) is 57.6 Å². The summed E-state index contributed by atoms with van der Waals surface area (Å²) in [6.45, 7) is 6.22. The predicted molar refractivity (Wildman–Crippen MR) is 93.5 cm³/mol. The average molecular weight is 344 g/mol. The fraction of sp³-hybridized carbons (Fsp3) is 0.263. The minimum Gasteiger partial charge on any atom is -0.507 e. The number of aromatic hydroxyl groups is 1. The Morgan fingerprint density at radius 3 is 2.56 bits per heavy atom. The predicted octanol–water partition coefficient (Wildman–Crippen LogP) is 3.35. The highest BCUT2D eigenvalue weighted by Gasteiger charge is 2.16. The first-order valence-corrected chi connectivity index (χ1v) is 7.92. The number of rotatable bonds is 7. The van der Waals surface area contributed by atoms with Crippen LogP contribution in [0.3, 0.4) is 0 Å². The summed E-state index contributed by atoms with van der Waals surface area (Å²) in [5, 5.41) is 9.82. The molecule has 0 radical (unpaired) electrons. The Bertz CT molecular complexity index is 847. The number of carbonyl (C=O) groups excluding carboxylic acids is 1. The van der Waals surface area contributed by atoms with Gasteiger partial charge in [0.15, 0.2) is 5.78 Å². The number of ether oxygens (including phenoxy) is 2. The van der Waals surface area contributed by atoms with Gasteiger partial charge >= 0.3 is 5.63 Å². The molecule has 2 rings (SSSR count). The van der Waals surface area contributed by atoms with Crippen molar-refractivity contribution in [3.63, 3.8) is 0 Å². The third-order valence-corrected chi connectivity index (χ3v) is 3.31. The van der Waals surface area contributed by atoms with Crippen LogP contribution in [0.1, 0.15) is 35.5 Å². The molecule has 0 saturated carbocycles. The van der Waals surface area contributed by atoms with E-state index in [1.165, 1.54) is 25.1 Å². The van der Waals surface area contributed by atoms with E-state index in [0.29, 0.717) is 30.3 Å². The van der Waals surface area contributed by atoms with E-state index >= 15 is 0 Å². The van der Waals surface area contributed by atoms with Gasteiger partial charge in [0.25, 0.3) is 0 Å². The van der Waals surface area contributed by atoms with Gasteiger partial charge < -0.3 is 19.0 Å². The number of allylic oxidation sites excluding steroid dienone is 1. The maximum absolute atomic E-state index is 12.2. The van der Waals surface area contributed by atoms with Gasteiger partial charge in [0.2, 0.25) is 0 Å². The number of benzene rings is 1. The van der Waals surface area contributed by atoms with Crippen LogP contribution < -0.4 is 15.1 Å². The van der Waals surface area contributed by atoms with Gasteiger partial charge in [-0.25, -0.2) is 4.79 Å². The zero-order valence-electron chi connectivity index (χ0n) is 14.4. The number of ketones is 1. The first-order valence-electron chi connectivity index (χ1n) is 7.92. The van der Waals surface area contributed by atoms with Crippen LogP contribution in [-0.2, 0) is 0 Å². The molecule has 25 heavy (non-hydrogen) atoms. The summed E-state index contributed by atoms with van der Waals surface area (Å²) >= 11 is 0. The molecular formula is C19H20O6. The quantitative estimate of drug-likeness (QED) is 0.612. The smallest absolute Gasteiger partial charge is 0.351 e. The van der Waals surface area contributed by atoms with E-state index in [4.69, 9.17) is 13.9 Å². The maximum atomic E-state index is 12.2. The summed E-state index contributed by atoms with van der Waals surface area (Å²) < 4.78 is 15.8. The van der Waals surface area contributed by atoms with Gasteiger partial charge in [-0.1, -0.05) is 0 Å². The van der Waals surface area contributed by atoms with Crippen LogP contribution in [0.2, 0.25) is 0 Å². The van der Waals surface area contributed by atoms with Crippen LogP contribution in [0.15, 0.2) is 39.6 Å². The molecule has 0 unspecified atom stereocenters. The van der Waals surface area contributed by atoms with Crippen LogP contribution in [0, 0.1) is 6.92 Å². The van der Waals surface area contributed by atoms with E-state index in [1.54, 1.807) is 18.2 Å². The van der Waals surface area contributed by atoms with Crippen LogP contribution in [0.25, 0.3) is 6.08 Å². The van der Waals surface area contributed by atoms with Crippen molar-refractivity contribution < 1.29 is 23.8 Å². The summed E-state index contributed by atoms with van der Waals surface area (Å²) in [6, 6.07) is 6.46. The first kappa shape index (κ1) is 18.3. The van der Waals surface area contributed by atoms with Crippen molar-refractivity contribution >= 4 is 11.9 Å². The standard InChI is InChI=1S/C19H20O6/c1-4-23-14-8-6-13(17(11-14)24-5-2)7-9-15(20)18-16(21)10-12(3)25-19(18)22/h6-11,21H,4-5H2,1-3H3/b9-7+. The van der Waals surface area contributed by atoms with Gasteiger partial charge in [-0.05, 0) is 45.1 Å². The Balaban J connectivity index is 2.32. The Kier molecular flexibility index (Phi) is 6.00. The largest absolute Gasteiger partial charge is 0.507 e. The molecule has 0 aliphatic heterocycles. The SMILES string of the molecule is CCOc1ccc(/C=C/C(=O)c2c(O)cc(C)oc2=O)c(OCC)c1. The fourth-order valence-corrected chi connectivity index (χ4v) is 2.26. The van der Waals surface area contributed by atoms with E-state index in [-0.39, 0.29) is 5.76 Å². The molecule has 0 fully saturated rings. The van der Waals surface area contributed by atoms with Gasteiger partial charge in [-0.2, -0.15) is 0 Å². The molecule has 0 bridgehead atoms. The van der Waals surface area contributed by atoms with Crippen molar-refractivity contribution in [2.45, 2.75) is 20.8 Å². The summed E-state index contributed by atoms with van der Waals surface area (Å²) in [6.07, 6.45) is 2.71. The number of hydrogen-bond donors (Lipinski definition) is 1. The lowest BCUT2D eigenvalue weighted by molar-refractivity contribution is 0.104. The van der Waals surface area contributed by atoms with Gasteiger partial charge in [-0.3, -0.25) is 4.79 Å². The summed E-state index contributed by atoms with van der Waals surface area (Å²) in [7, 11) is 0. The molecule has 1 aromatic heterocycles. The fourth-order valence-electron chi connectivity index (χ4n) is 2.26. The highest BCUT2D eigenvalue weighted by Crippen LogP contribution is 2.26. The monoisotopic (exact) mass is 344 g/mol. The minimum atomic E-state index is -0.871. The zero-order valence-corrected chi connectivity index (χ0v) is 14.4. The maximum Gasteiger partial charge on any atom is 0.351 e.